The second kappa shape index (κ2) is 7.34. The minimum atomic E-state index is -1.10. The summed E-state index contributed by atoms with van der Waals surface area (Å²) in [5.74, 6) is -0.759. The van der Waals surface area contributed by atoms with Crippen molar-refractivity contribution in [1.29, 1.82) is 0 Å². The Hall–Kier alpha value is -1.01. The van der Waals surface area contributed by atoms with Gasteiger partial charge in [0.25, 0.3) is 0 Å². The van der Waals surface area contributed by atoms with Crippen LogP contribution in [0.15, 0.2) is 5.18 Å². The highest BCUT2D eigenvalue weighted by Crippen LogP contribution is 2.18. The van der Waals surface area contributed by atoms with Gasteiger partial charge in [0.05, 0.1) is 6.04 Å². The molecule has 1 amide bonds. The number of carbonyl (C=O) groups excluding carboxylic acids is 1. The Kier molecular flexibility index (Phi) is 6.91. The summed E-state index contributed by atoms with van der Waals surface area (Å²) in [4.78, 5) is 21.8. The fourth-order valence-electron chi connectivity index (χ4n) is 1.70. The number of nitrogens with zero attached hydrogens (tertiary/aromatic N) is 1. The third-order valence-electron chi connectivity index (χ3n) is 2.80. The van der Waals surface area contributed by atoms with Crippen LogP contribution in [0.1, 0.15) is 27.7 Å². The monoisotopic (exact) mass is 246 g/mol. The predicted molar refractivity (Wildman–Crippen MR) is 64.3 cm³/mol. The van der Waals surface area contributed by atoms with Crippen LogP contribution in [0.5, 0.6) is 0 Å². The van der Waals surface area contributed by atoms with Gasteiger partial charge >= 0.3 is 0 Å². The Morgan fingerprint density at radius 1 is 1.35 bits per heavy atom. The molecule has 0 bridgehead atoms. The zero-order chi connectivity index (χ0) is 13.6. The van der Waals surface area contributed by atoms with Crippen LogP contribution in [0.4, 0.5) is 0 Å². The fraction of sp³-hybridized carbons (Fsp3) is 0.909. The van der Waals surface area contributed by atoms with E-state index in [2.05, 4.69) is 10.5 Å². The smallest absolute Gasteiger partial charge is 0.217 e. The lowest BCUT2D eigenvalue weighted by Gasteiger charge is -2.31. The van der Waals surface area contributed by atoms with Crippen LogP contribution in [0, 0.1) is 16.7 Å². The lowest BCUT2D eigenvalue weighted by atomic mass is 9.88. The van der Waals surface area contributed by atoms with E-state index in [4.69, 9.17) is 5.11 Å². The Morgan fingerprint density at radius 2 is 1.88 bits per heavy atom. The van der Waals surface area contributed by atoms with Gasteiger partial charge in [-0.05, 0) is 5.92 Å². The summed E-state index contributed by atoms with van der Waals surface area (Å²) in [6.07, 6.45) is -1.10. The number of aliphatic hydroxyl groups excluding tert-OH is 2. The molecule has 0 aromatic heterocycles. The molecule has 0 saturated carbocycles. The summed E-state index contributed by atoms with van der Waals surface area (Å²) >= 11 is 0. The number of hydrogen-bond donors (Lipinski definition) is 3. The molecule has 0 aliphatic carbocycles. The summed E-state index contributed by atoms with van der Waals surface area (Å²) in [6, 6.07) is -1.48. The number of aliphatic hydroxyl groups is 2. The van der Waals surface area contributed by atoms with Crippen molar-refractivity contribution in [2.75, 3.05) is 6.61 Å². The van der Waals surface area contributed by atoms with Gasteiger partial charge in [-0.3, -0.25) is 4.79 Å². The van der Waals surface area contributed by atoms with E-state index in [9.17, 15) is 14.8 Å². The van der Waals surface area contributed by atoms with Crippen molar-refractivity contribution in [2.24, 2.45) is 17.0 Å². The SMILES string of the molecule is CC(=O)N[C@@H](C(C)C)[C@@H](O)[C@@H](N=O)[C@H](C)CO. The maximum atomic E-state index is 11.0. The van der Waals surface area contributed by atoms with Crippen molar-refractivity contribution in [3.8, 4) is 0 Å². The molecule has 0 aliphatic rings. The van der Waals surface area contributed by atoms with Crippen LogP contribution in [0.25, 0.3) is 0 Å². The molecule has 100 valence electrons. The molecular formula is C11H22N2O4. The highest BCUT2D eigenvalue weighted by atomic mass is 16.3. The number of nitrogens with one attached hydrogen (secondary N) is 1. The Bertz CT molecular complexity index is 258. The van der Waals surface area contributed by atoms with E-state index in [1.54, 1.807) is 6.92 Å². The van der Waals surface area contributed by atoms with E-state index in [0.717, 1.165) is 0 Å². The van der Waals surface area contributed by atoms with Crippen molar-refractivity contribution in [3.63, 3.8) is 0 Å². The highest BCUT2D eigenvalue weighted by Gasteiger charge is 2.34. The average molecular weight is 246 g/mol. The maximum absolute atomic E-state index is 11.0. The molecule has 17 heavy (non-hydrogen) atoms. The molecule has 0 fully saturated rings. The van der Waals surface area contributed by atoms with Gasteiger partial charge in [0, 0.05) is 19.4 Å². The molecule has 0 heterocycles. The minimum absolute atomic E-state index is 0.0379. The van der Waals surface area contributed by atoms with Gasteiger partial charge in [-0.2, -0.15) is 4.91 Å². The Morgan fingerprint density at radius 3 is 2.18 bits per heavy atom. The number of rotatable bonds is 7. The van der Waals surface area contributed by atoms with Crippen molar-refractivity contribution in [3.05, 3.63) is 4.91 Å². The molecule has 0 radical (unpaired) electrons. The summed E-state index contributed by atoms with van der Waals surface area (Å²) in [5, 5.41) is 24.5. The third-order valence-corrected chi connectivity index (χ3v) is 2.80. The van der Waals surface area contributed by atoms with E-state index in [0.29, 0.717) is 0 Å². The third kappa shape index (κ3) is 4.79. The van der Waals surface area contributed by atoms with Crippen LogP contribution in [0.2, 0.25) is 0 Å². The normalized spacial score (nSPS) is 18.3. The molecule has 0 aromatic carbocycles. The molecule has 6 heteroatoms. The largest absolute Gasteiger partial charge is 0.396 e. The average Bonchev–Trinajstić information content (AvgIpc) is 2.25. The molecule has 0 saturated heterocycles. The number of carbonyl (C=O) groups is 1. The van der Waals surface area contributed by atoms with Gasteiger partial charge < -0.3 is 15.5 Å². The summed E-state index contributed by atoms with van der Waals surface area (Å²) in [7, 11) is 0. The molecule has 3 N–H and O–H groups in total. The zero-order valence-electron chi connectivity index (χ0n) is 10.8. The molecule has 0 spiro atoms. The standard InChI is InChI=1S/C11H22N2O4/c1-6(2)9(12-8(4)15)11(16)10(13-17)7(3)5-14/h6-7,9-11,14,16H,5H2,1-4H3,(H,12,15)/t7-,9+,10+,11-/m1/s1. The molecule has 0 unspecified atom stereocenters. The number of hydrogen-bond acceptors (Lipinski definition) is 5. The first-order valence-electron chi connectivity index (χ1n) is 5.73. The van der Waals surface area contributed by atoms with Crippen LogP contribution in [-0.4, -0.2) is 40.9 Å². The number of amides is 1. The van der Waals surface area contributed by atoms with Gasteiger partial charge in [0.1, 0.15) is 12.1 Å². The van der Waals surface area contributed by atoms with Gasteiger partial charge in [-0.1, -0.05) is 25.9 Å². The fourth-order valence-corrected chi connectivity index (χ4v) is 1.70. The molecular weight excluding hydrogens is 224 g/mol. The second-order valence-electron chi connectivity index (χ2n) is 4.72. The van der Waals surface area contributed by atoms with Gasteiger partial charge in [0.15, 0.2) is 0 Å². The minimum Gasteiger partial charge on any atom is -0.396 e. The summed E-state index contributed by atoms with van der Waals surface area (Å²) in [6.45, 7) is 6.39. The molecule has 0 aromatic rings. The summed E-state index contributed by atoms with van der Waals surface area (Å²) in [5.41, 5.74) is 0. The van der Waals surface area contributed by atoms with Crippen molar-refractivity contribution in [2.45, 2.75) is 45.9 Å². The molecule has 4 atom stereocenters. The molecule has 0 aliphatic heterocycles. The summed E-state index contributed by atoms with van der Waals surface area (Å²) < 4.78 is 0. The molecule has 6 nitrogen and oxygen atoms in total. The maximum Gasteiger partial charge on any atom is 0.217 e. The highest BCUT2D eigenvalue weighted by molar-refractivity contribution is 5.73. The Labute approximate surface area is 101 Å². The van der Waals surface area contributed by atoms with Crippen LogP contribution in [0.3, 0.4) is 0 Å². The van der Waals surface area contributed by atoms with Gasteiger partial charge in [-0.25, -0.2) is 0 Å². The molecule has 0 rings (SSSR count). The first kappa shape index (κ1) is 16.0. The topological polar surface area (TPSA) is 99.0 Å². The first-order chi connectivity index (χ1) is 7.84. The second-order valence-corrected chi connectivity index (χ2v) is 4.72. The van der Waals surface area contributed by atoms with E-state index in [1.807, 2.05) is 13.8 Å². The van der Waals surface area contributed by atoms with E-state index in [1.165, 1.54) is 6.92 Å². The predicted octanol–water partition coefficient (Wildman–Crippen LogP) is 0.271. The Balaban J connectivity index is 4.84. The van der Waals surface area contributed by atoms with E-state index >= 15 is 0 Å². The van der Waals surface area contributed by atoms with Gasteiger partial charge in [-0.15, -0.1) is 0 Å². The lowest BCUT2D eigenvalue weighted by Crippen LogP contribution is -2.52. The van der Waals surface area contributed by atoms with E-state index < -0.39 is 24.1 Å². The van der Waals surface area contributed by atoms with E-state index in [-0.39, 0.29) is 18.4 Å². The zero-order valence-corrected chi connectivity index (χ0v) is 10.8. The quantitative estimate of drug-likeness (QED) is 0.561. The first-order valence-corrected chi connectivity index (χ1v) is 5.73. The van der Waals surface area contributed by atoms with Crippen LogP contribution in [-0.2, 0) is 4.79 Å². The van der Waals surface area contributed by atoms with Crippen molar-refractivity contribution < 1.29 is 15.0 Å². The van der Waals surface area contributed by atoms with Crippen LogP contribution >= 0.6 is 0 Å². The van der Waals surface area contributed by atoms with Crippen molar-refractivity contribution in [1.82, 2.24) is 5.32 Å². The van der Waals surface area contributed by atoms with Crippen LogP contribution < -0.4 is 5.32 Å². The lowest BCUT2D eigenvalue weighted by molar-refractivity contribution is -0.121. The number of nitroso groups, excluding NO2 is 1. The van der Waals surface area contributed by atoms with Gasteiger partial charge in [0.2, 0.25) is 5.91 Å². The van der Waals surface area contributed by atoms with Crippen molar-refractivity contribution >= 4 is 5.91 Å².